The fraction of sp³-hybridized carbons (Fsp3) is 0.375. The Bertz CT molecular complexity index is 318. The number of nitrogens with one attached hydrogen (secondary N) is 1. The molecule has 1 atom stereocenters. The lowest BCUT2D eigenvalue weighted by Crippen LogP contribution is -3.00. The van der Waals surface area contributed by atoms with Gasteiger partial charge in [-0.05, 0) is 12.5 Å². The molecule has 3 aromatic heterocycles. The lowest BCUT2D eigenvalue weighted by Gasteiger charge is -2.07. The number of aromatic nitrogens is 2. The van der Waals surface area contributed by atoms with Crippen LogP contribution in [0.4, 0.5) is 0 Å². The van der Waals surface area contributed by atoms with Gasteiger partial charge in [-0.2, -0.15) is 4.57 Å². The van der Waals surface area contributed by atoms with Gasteiger partial charge >= 0.3 is 11.6 Å². The molecule has 1 N–H and O–H groups in total. The maximum Gasteiger partial charge on any atom is 0.465 e. The third kappa shape index (κ3) is 1.01. The monoisotopic (exact) mass is 186 g/mol. The highest BCUT2D eigenvalue weighted by atomic mass is 35.5. The predicted molar refractivity (Wildman–Crippen MR) is 41.5 cm³/mol. The van der Waals surface area contributed by atoms with Gasteiger partial charge in [0.15, 0.2) is 6.20 Å². The second-order valence-electron chi connectivity index (χ2n) is 2.62. The van der Waals surface area contributed by atoms with E-state index in [0.29, 0.717) is 6.04 Å². The third-order valence-corrected chi connectivity index (χ3v) is 2.00. The molecule has 0 amide bonds. The first-order valence-corrected chi connectivity index (χ1v) is 3.80. The van der Waals surface area contributed by atoms with E-state index in [1.165, 1.54) is 0 Å². The van der Waals surface area contributed by atoms with Crippen LogP contribution in [0.5, 0.6) is 0 Å². The van der Waals surface area contributed by atoms with E-state index in [2.05, 4.69) is 23.1 Å². The molecule has 12 heavy (non-hydrogen) atoms. The van der Waals surface area contributed by atoms with Gasteiger partial charge in [0.25, 0.3) is 0 Å². The van der Waals surface area contributed by atoms with Crippen LogP contribution in [0.15, 0.2) is 23.3 Å². The van der Waals surface area contributed by atoms with Crippen LogP contribution in [0.3, 0.4) is 0 Å². The second kappa shape index (κ2) is 3.19. The summed E-state index contributed by atoms with van der Waals surface area (Å²) in [6.45, 7) is 5.90. The summed E-state index contributed by atoms with van der Waals surface area (Å²) in [4.78, 5) is 3.00. The molecule has 0 radical (unpaired) electrons. The normalized spacial score (nSPS) is 13.1. The molecular weight excluding hydrogens is 176 g/mol. The predicted octanol–water partition coefficient (Wildman–Crippen LogP) is -1.37. The molecular formula is C8H11ClN2O. The first-order chi connectivity index (χ1) is 5.36. The van der Waals surface area contributed by atoms with Gasteiger partial charge in [0.05, 0.1) is 0 Å². The van der Waals surface area contributed by atoms with Crippen molar-refractivity contribution < 1.29 is 21.8 Å². The molecule has 2 bridgehead atoms. The standard InChI is InChI=1S/C8H10N2O.ClH/c1-3-6(4-2)10-7-5-9-8(10)11-7;/h3,5-6H,1,4H2,2H3;1H. The number of halogens is 1. The van der Waals surface area contributed by atoms with Crippen molar-refractivity contribution in [3.8, 4) is 0 Å². The molecule has 0 spiro atoms. The fourth-order valence-electron chi connectivity index (χ4n) is 1.35. The van der Waals surface area contributed by atoms with Crippen molar-refractivity contribution in [1.29, 1.82) is 0 Å². The Balaban J connectivity index is 0.000000720. The van der Waals surface area contributed by atoms with Crippen LogP contribution in [0, 0.1) is 0 Å². The maximum absolute atomic E-state index is 5.19. The SMILES string of the molecule is C=CC(CC)n1c2c[nH+]c1o2.[Cl-]. The molecule has 0 aliphatic rings. The molecule has 4 heteroatoms. The van der Waals surface area contributed by atoms with E-state index >= 15 is 0 Å². The van der Waals surface area contributed by atoms with Gasteiger partial charge in [-0.25, -0.2) is 4.98 Å². The van der Waals surface area contributed by atoms with E-state index in [1.807, 2.05) is 12.3 Å². The van der Waals surface area contributed by atoms with E-state index in [0.717, 1.165) is 18.0 Å². The van der Waals surface area contributed by atoms with Gasteiger partial charge in [-0.1, -0.05) is 13.5 Å². The van der Waals surface area contributed by atoms with Crippen molar-refractivity contribution in [3.05, 3.63) is 18.9 Å². The summed E-state index contributed by atoms with van der Waals surface area (Å²) in [6, 6.07) is 0.375. The highest BCUT2D eigenvalue weighted by Gasteiger charge is 2.26. The lowest BCUT2D eigenvalue weighted by molar-refractivity contribution is -0.350. The van der Waals surface area contributed by atoms with Crippen molar-refractivity contribution in [3.63, 3.8) is 0 Å². The molecule has 3 rings (SSSR count). The third-order valence-electron chi connectivity index (χ3n) is 2.00. The van der Waals surface area contributed by atoms with Crippen LogP contribution < -0.4 is 17.4 Å². The molecule has 1 unspecified atom stereocenters. The molecule has 0 aliphatic heterocycles. The minimum atomic E-state index is 0. The number of nitrogens with zero attached hydrogens (tertiary/aromatic N) is 1. The number of imidazole rings is 1. The summed E-state index contributed by atoms with van der Waals surface area (Å²) >= 11 is 0. The molecule has 0 saturated carbocycles. The van der Waals surface area contributed by atoms with Crippen molar-refractivity contribution in [2.24, 2.45) is 0 Å². The minimum Gasteiger partial charge on any atom is -1.00 e. The Kier molecular flexibility index (Phi) is 2.43. The summed E-state index contributed by atoms with van der Waals surface area (Å²) in [5, 5.41) is 0. The van der Waals surface area contributed by atoms with Crippen LogP contribution in [-0.4, -0.2) is 4.57 Å². The van der Waals surface area contributed by atoms with E-state index < -0.39 is 0 Å². The van der Waals surface area contributed by atoms with E-state index in [1.54, 1.807) is 0 Å². The largest absolute Gasteiger partial charge is 1.00 e. The number of aromatic amines is 1. The number of hydrogen-bond donors (Lipinski definition) is 0. The minimum absolute atomic E-state index is 0. The number of H-pyrrole nitrogens is 1. The second-order valence-corrected chi connectivity index (χ2v) is 2.62. The molecule has 0 saturated heterocycles. The smallest absolute Gasteiger partial charge is 0.465 e. The Morgan fingerprint density at radius 3 is 2.92 bits per heavy atom. The molecule has 66 valence electrons. The Morgan fingerprint density at radius 1 is 1.83 bits per heavy atom. The molecule has 3 aromatic rings. The Morgan fingerprint density at radius 2 is 2.58 bits per heavy atom. The topological polar surface area (TPSA) is 32.2 Å². The summed E-state index contributed by atoms with van der Waals surface area (Å²) in [5.41, 5.74) is 0.909. The highest BCUT2D eigenvalue weighted by Crippen LogP contribution is 2.23. The van der Waals surface area contributed by atoms with Gasteiger partial charge in [-0.3, -0.25) is 0 Å². The zero-order valence-electron chi connectivity index (χ0n) is 6.88. The van der Waals surface area contributed by atoms with Gasteiger partial charge in [0.2, 0.25) is 0 Å². The average Bonchev–Trinajstić information content (AvgIpc) is 2.59. The molecule has 3 nitrogen and oxygen atoms in total. The van der Waals surface area contributed by atoms with Crippen molar-refractivity contribution >= 4 is 11.6 Å². The zero-order valence-corrected chi connectivity index (χ0v) is 7.64. The number of hydrogen-bond acceptors (Lipinski definition) is 1. The first kappa shape index (κ1) is 9.13. The van der Waals surface area contributed by atoms with E-state index in [9.17, 15) is 0 Å². The molecule has 0 fully saturated rings. The van der Waals surface area contributed by atoms with Crippen molar-refractivity contribution in [1.82, 2.24) is 4.57 Å². The van der Waals surface area contributed by atoms with Crippen LogP contribution in [-0.2, 0) is 0 Å². The Hall–Kier alpha value is -0.960. The number of allylic oxidation sites excluding steroid dienone is 1. The van der Waals surface area contributed by atoms with Crippen LogP contribution in [0.1, 0.15) is 19.4 Å². The van der Waals surface area contributed by atoms with Crippen molar-refractivity contribution in [2.45, 2.75) is 19.4 Å². The molecule has 0 aromatic carbocycles. The fourth-order valence-corrected chi connectivity index (χ4v) is 1.35. The summed E-state index contributed by atoms with van der Waals surface area (Å²) in [7, 11) is 0. The Labute approximate surface area is 76.8 Å². The summed E-state index contributed by atoms with van der Waals surface area (Å²) in [5.74, 6) is 0.840. The van der Waals surface area contributed by atoms with Gasteiger partial charge in [0, 0.05) is 0 Å². The van der Waals surface area contributed by atoms with Crippen LogP contribution >= 0.6 is 0 Å². The van der Waals surface area contributed by atoms with Crippen molar-refractivity contribution in [2.75, 3.05) is 0 Å². The van der Waals surface area contributed by atoms with Gasteiger partial charge in [-0.15, -0.1) is 0 Å². The van der Waals surface area contributed by atoms with E-state index in [4.69, 9.17) is 4.42 Å². The quantitative estimate of drug-likeness (QED) is 0.545. The number of rotatable bonds is 3. The van der Waals surface area contributed by atoms with Crippen LogP contribution in [0.25, 0.3) is 11.6 Å². The summed E-state index contributed by atoms with van der Waals surface area (Å²) < 4.78 is 7.30. The van der Waals surface area contributed by atoms with E-state index in [-0.39, 0.29) is 12.4 Å². The number of oxazole rings is 1. The van der Waals surface area contributed by atoms with Crippen LogP contribution in [0.2, 0.25) is 0 Å². The molecule has 0 aliphatic carbocycles. The average molecular weight is 187 g/mol. The van der Waals surface area contributed by atoms with Gasteiger partial charge < -0.3 is 16.8 Å². The highest BCUT2D eigenvalue weighted by molar-refractivity contribution is 5.45. The maximum atomic E-state index is 5.19. The lowest BCUT2D eigenvalue weighted by atomic mass is 10.2. The summed E-state index contributed by atoms with van der Waals surface area (Å²) in [6.07, 6.45) is 4.85. The molecule has 3 heterocycles. The number of fused-ring (bicyclic) bond motifs is 1. The first-order valence-electron chi connectivity index (χ1n) is 3.80. The zero-order chi connectivity index (χ0) is 7.84. The van der Waals surface area contributed by atoms with Gasteiger partial charge in [0.1, 0.15) is 6.04 Å².